The minimum Gasteiger partial charge on any atom is -0.479 e. The van der Waals surface area contributed by atoms with Crippen molar-refractivity contribution >= 4 is 17.7 Å². The van der Waals surface area contributed by atoms with Gasteiger partial charge in [-0.05, 0) is 12.7 Å². The number of aliphatic carboxylic acids is 1. The normalized spacial score (nSPS) is 13.0. The van der Waals surface area contributed by atoms with E-state index in [0.717, 1.165) is 0 Å². The van der Waals surface area contributed by atoms with E-state index in [1.807, 2.05) is 6.26 Å². The van der Waals surface area contributed by atoms with E-state index in [2.05, 4.69) is 0 Å². The van der Waals surface area contributed by atoms with Crippen molar-refractivity contribution in [3.05, 3.63) is 0 Å². The monoisotopic (exact) mass is 164 g/mol. The summed E-state index contributed by atoms with van der Waals surface area (Å²) in [5.74, 6) is -0.429. The third kappa shape index (κ3) is 3.74. The van der Waals surface area contributed by atoms with Crippen LogP contribution in [-0.2, 0) is 9.53 Å². The van der Waals surface area contributed by atoms with Gasteiger partial charge in [-0.3, -0.25) is 0 Å². The lowest BCUT2D eigenvalue weighted by Gasteiger charge is -2.08. The lowest BCUT2D eigenvalue weighted by Crippen LogP contribution is -2.22. The van der Waals surface area contributed by atoms with Gasteiger partial charge in [0.2, 0.25) is 0 Å². The molecule has 1 atom stereocenters. The van der Waals surface area contributed by atoms with E-state index in [0.29, 0.717) is 12.4 Å². The Hall–Kier alpha value is -0.220. The fraction of sp³-hybridized carbons (Fsp3) is 0.833. The lowest BCUT2D eigenvalue weighted by atomic mass is 10.3. The maximum atomic E-state index is 10.3. The number of hydrogen-bond donors (Lipinski definition) is 1. The fourth-order valence-electron chi connectivity index (χ4n) is 0.514. The Balaban J connectivity index is 3.50. The molecule has 0 amide bonds. The minimum absolute atomic E-state index is 0.449. The van der Waals surface area contributed by atoms with Gasteiger partial charge in [0, 0.05) is 0 Å². The molecule has 0 aromatic carbocycles. The number of carboxylic acids is 1. The second-order valence-corrected chi connectivity index (χ2v) is 2.62. The summed E-state index contributed by atoms with van der Waals surface area (Å²) in [5, 5.41) is 8.47. The van der Waals surface area contributed by atoms with Crippen LogP contribution in [0.3, 0.4) is 0 Å². The molecule has 0 rings (SSSR count). The summed E-state index contributed by atoms with van der Waals surface area (Å²) in [6.45, 7) is 1.79. The molecular weight excluding hydrogens is 152 g/mol. The smallest absolute Gasteiger partial charge is 0.332 e. The lowest BCUT2D eigenvalue weighted by molar-refractivity contribution is -0.149. The Morgan fingerprint density at radius 3 is 2.70 bits per heavy atom. The van der Waals surface area contributed by atoms with E-state index in [9.17, 15) is 4.79 Å². The van der Waals surface area contributed by atoms with Crippen LogP contribution >= 0.6 is 11.8 Å². The van der Waals surface area contributed by atoms with Crippen LogP contribution < -0.4 is 0 Å². The zero-order valence-corrected chi connectivity index (χ0v) is 6.98. The van der Waals surface area contributed by atoms with E-state index < -0.39 is 12.1 Å². The van der Waals surface area contributed by atoms with Crippen LogP contribution in [0.4, 0.5) is 0 Å². The van der Waals surface area contributed by atoms with Crippen LogP contribution in [-0.4, -0.2) is 29.4 Å². The van der Waals surface area contributed by atoms with Crippen molar-refractivity contribution in [3.8, 4) is 0 Å². The molecule has 0 heterocycles. The van der Waals surface area contributed by atoms with Gasteiger partial charge >= 0.3 is 5.97 Å². The summed E-state index contributed by atoms with van der Waals surface area (Å²) in [6.07, 6.45) is 1.76. The molecule has 0 bridgehead atoms. The molecule has 0 aliphatic carbocycles. The second kappa shape index (κ2) is 5.56. The first-order valence-electron chi connectivity index (χ1n) is 3.05. The third-order valence-corrected chi connectivity index (χ3v) is 1.41. The highest BCUT2D eigenvalue weighted by atomic mass is 32.2. The van der Waals surface area contributed by atoms with Gasteiger partial charge in [0.05, 0.1) is 5.94 Å². The molecule has 10 heavy (non-hydrogen) atoms. The SMILES string of the molecule is CCC(OCSC)C(=O)O. The van der Waals surface area contributed by atoms with Crippen molar-refractivity contribution in [1.29, 1.82) is 0 Å². The maximum Gasteiger partial charge on any atom is 0.332 e. The molecule has 60 valence electrons. The number of carboxylic acid groups (broad SMARTS) is 1. The van der Waals surface area contributed by atoms with E-state index in [-0.39, 0.29) is 0 Å². The molecule has 3 nitrogen and oxygen atoms in total. The average molecular weight is 164 g/mol. The van der Waals surface area contributed by atoms with Crippen molar-refractivity contribution in [2.45, 2.75) is 19.4 Å². The highest BCUT2D eigenvalue weighted by Gasteiger charge is 2.13. The predicted octanol–water partition coefficient (Wildman–Crippen LogP) is 1.19. The number of thioether (sulfide) groups is 1. The van der Waals surface area contributed by atoms with Gasteiger partial charge in [-0.25, -0.2) is 4.79 Å². The maximum absolute atomic E-state index is 10.3. The quantitative estimate of drug-likeness (QED) is 0.620. The van der Waals surface area contributed by atoms with Crippen LogP contribution in [0, 0.1) is 0 Å². The Kier molecular flexibility index (Phi) is 5.43. The number of hydrogen-bond acceptors (Lipinski definition) is 3. The predicted molar refractivity (Wildman–Crippen MR) is 41.2 cm³/mol. The topological polar surface area (TPSA) is 46.5 Å². The molecule has 4 heteroatoms. The Labute approximate surface area is 64.8 Å². The summed E-state index contributed by atoms with van der Waals surface area (Å²) in [6, 6.07) is 0. The van der Waals surface area contributed by atoms with Gasteiger partial charge in [0.1, 0.15) is 0 Å². The number of ether oxygens (including phenoxy) is 1. The summed E-state index contributed by atoms with van der Waals surface area (Å²) in [7, 11) is 0. The molecule has 0 aromatic rings. The standard InChI is InChI=1S/C6H12O3S/c1-3-5(6(7)8)9-4-10-2/h5H,3-4H2,1-2H3,(H,7,8). The van der Waals surface area contributed by atoms with Crippen molar-refractivity contribution in [1.82, 2.24) is 0 Å². The summed E-state index contributed by atoms with van der Waals surface area (Å²) >= 11 is 1.48. The van der Waals surface area contributed by atoms with Crippen LogP contribution in [0.5, 0.6) is 0 Å². The van der Waals surface area contributed by atoms with E-state index in [4.69, 9.17) is 9.84 Å². The van der Waals surface area contributed by atoms with Crippen molar-refractivity contribution in [2.75, 3.05) is 12.2 Å². The van der Waals surface area contributed by atoms with Crippen LogP contribution in [0.15, 0.2) is 0 Å². The third-order valence-electron chi connectivity index (χ3n) is 1.03. The van der Waals surface area contributed by atoms with Gasteiger partial charge in [0.25, 0.3) is 0 Å². The number of rotatable bonds is 5. The van der Waals surface area contributed by atoms with E-state index >= 15 is 0 Å². The molecular formula is C6H12O3S. The Morgan fingerprint density at radius 1 is 1.80 bits per heavy atom. The first kappa shape index (κ1) is 9.78. The highest BCUT2D eigenvalue weighted by molar-refractivity contribution is 7.98. The summed E-state index contributed by atoms with van der Waals surface area (Å²) in [4.78, 5) is 10.3. The Bertz CT molecular complexity index is 105. The fourth-order valence-corrected chi connectivity index (χ4v) is 0.814. The van der Waals surface area contributed by atoms with Gasteiger partial charge < -0.3 is 9.84 Å². The molecule has 1 N–H and O–H groups in total. The minimum atomic E-state index is -0.878. The van der Waals surface area contributed by atoms with Gasteiger partial charge in [0.15, 0.2) is 6.10 Å². The largest absolute Gasteiger partial charge is 0.479 e. The zero-order valence-electron chi connectivity index (χ0n) is 6.16. The molecule has 1 unspecified atom stereocenters. The van der Waals surface area contributed by atoms with Crippen molar-refractivity contribution < 1.29 is 14.6 Å². The second-order valence-electron chi connectivity index (χ2n) is 1.81. The summed E-state index contributed by atoms with van der Waals surface area (Å²) in [5.41, 5.74) is 0. The molecule has 0 fully saturated rings. The van der Waals surface area contributed by atoms with Crippen molar-refractivity contribution in [3.63, 3.8) is 0 Å². The van der Waals surface area contributed by atoms with Gasteiger partial charge in [-0.2, -0.15) is 0 Å². The van der Waals surface area contributed by atoms with Crippen LogP contribution in [0.25, 0.3) is 0 Å². The zero-order chi connectivity index (χ0) is 7.98. The summed E-state index contributed by atoms with van der Waals surface area (Å²) < 4.78 is 4.97. The van der Waals surface area contributed by atoms with Gasteiger partial charge in [-0.15, -0.1) is 11.8 Å². The average Bonchev–Trinajstić information content (AvgIpc) is 1.89. The highest BCUT2D eigenvalue weighted by Crippen LogP contribution is 2.02. The molecule has 0 saturated heterocycles. The molecule has 0 spiro atoms. The molecule has 0 saturated carbocycles. The Morgan fingerprint density at radius 2 is 2.40 bits per heavy atom. The van der Waals surface area contributed by atoms with Gasteiger partial charge in [-0.1, -0.05) is 6.92 Å². The number of carbonyl (C=O) groups is 1. The van der Waals surface area contributed by atoms with Crippen LogP contribution in [0.1, 0.15) is 13.3 Å². The molecule has 0 aliphatic rings. The molecule has 0 aliphatic heterocycles. The van der Waals surface area contributed by atoms with E-state index in [1.54, 1.807) is 6.92 Å². The van der Waals surface area contributed by atoms with Crippen molar-refractivity contribution in [2.24, 2.45) is 0 Å². The first-order chi connectivity index (χ1) is 4.72. The van der Waals surface area contributed by atoms with E-state index in [1.165, 1.54) is 11.8 Å². The first-order valence-corrected chi connectivity index (χ1v) is 4.45. The molecule has 0 aromatic heterocycles. The van der Waals surface area contributed by atoms with Crippen LogP contribution in [0.2, 0.25) is 0 Å². The molecule has 0 radical (unpaired) electrons.